The second-order valence-electron chi connectivity index (χ2n) is 6.07. The second-order valence-corrected chi connectivity index (χ2v) is 6.07. The number of nitrogens with zero attached hydrogens (tertiary/aromatic N) is 2. The summed E-state index contributed by atoms with van der Waals surface area (Å²) in [4.78, 5) is 4.77. The van der Waals surface area contributed by atoms with E-state index < -0.39 is 0 Å². The molecule has 1 aliphatic rings. The fourth-order valence-corrected chi connectivity index (χ4v) is 3.16. The molecule has 1 heterocycles. The van der Waals surface area contributed by atoms with Crippen LogP contribution in [0.5, 0.6) is 0 Å². The topological polar surface area (TPSA) is 6.48 Å². The molecule has 118 valence electrons. The molecule has 0 spiro atoms. The van der Waals surface area contributed by atoms with Crippen LogP contribution in [0.15, 0.2) is 48.5 Å². The van der Waals surface area contributed by atoms with Crippen LogP contribution in [0.1, 0.15) is 17.5 Å². The van der Waals surface area contributed by atoms with Gasteiger partial charge in [-0.25, -0.2) is 0 Å². The third-order valence-corrected chi connectivity index (χ3v) is 4.22. The number of aryl methyl sites for hydroxylation is 2. The predicted octanol–water partition coefficient (Wildman–Crippen LogP) is 0.879. The molecule has 3 rings (SSSR count). The van der Waals surface area contributed by atoms with E-state index in [1.54, 1.807) is 0 Å². The van der Waals surface area contributed by atoms with Gasteiger partial charge >= 0.3 is 0 Å². The van der Waals surface area contributed by atoms with Crippen LogP contribution >= 0.6 is 0 Å². The average molecular weight is 316 g/mol. The van der Waals surface area contributed by atoms with Crippen LogP contribution < -0.4 is 17.3 Å². The maximum absolute atomic E-state index is 2.52. The van der Waals surface area contributed by atoms with E-state index >= 15 is 0 Å². The Morgan fingerprint density at radius 1 is 0.864 bits per heavy atom. The zero-order valence-corrected chi connectivity index (χ0v) is 14.2. The first kappa shape index (κ1) is 16.9. The van der Waals surface area contributed by atoms with Crippen molar-refractivity contribution in [3.05, 3.63) is 59.7 Å². The zero-order valence-electron chi connectivity index (χ0n) is 13.4. The molecule has 0 unspecified atom stereocenters. The Kier molecular flexibility index (Phi) is 5.87. The number of benzene rings is 2. The molecule has 3 heteroatoms. The number of halogens is 1. The molecular formula is C19H24ClN2-. The van der Waals surface area contributed by atoms with Gasteiger partial charge in [-0.2, -0.15) is 0 Å². The molecule has 0 atom stereocenters. The minimum atomic E-state index is 0. The number of hydrogen-bond acceptors (Lipinski definition) is 2. The number of para-hydroxylation sites is 2. The molecule has 0 saturated carbocycles. The van der Waals surface area contributed by atoms with Crippen molar-refractivity contribution in [1.82, 2.24) is 4.90 Å². The highest BCUT2D eigenvalue weighted by Gasteiger charge is 2.19. The van der Waals surface area contributed by atoms with E-state index in [0.29, 0.717) is 0 Å². The first-order valence-electron chi connectivity index (χ1n) is 7.84. The molecule has 0 bridgehead atoms. The zero-order chi connectivity index (χ0) is 14.7. The molecule has 2 aromatic carbocycles. The van der Waals surface area contributed by atoms with Gasteiger partial charge in [0.15, 0.2) is 0 Å². The summed E-state index contributed by atoms with van der Waals surface area (Å²) in [5.74, 6) is 0. The van der Waals surface area contributed by atoms with Gasteiger partial charge < -0.3 is 22.2 Å². The van der Waals surface area contributed by atoms with Crippen LogP contribution in [-0.2, 0) is 12.8 Å². The summed E-state index contributed by atoms with van der Waals surface area (Å²) in [5.41, 5.74) is 5.72. The van der Waals surface area contributed by atoms with Gasteiger partial charge in [0.25, 0.3) is 0 Å². The lowest BCUT2D eigenvalue weighted by Gasteiger charge is -2.27. The Morgan fingerprint density at radius 3 is 1.86 bits per heavy atom. The summed E-state index contributed by atoms with van der Waals surface area (Å²) >= 11 is 0. The number of anilines is 2. The third-order valence-electron chi connectivity index (χ3n) is 4.22. The Labute approximate surface area is 140 Å². The van der Waals surface area contributed by atoms with Gasteiger partial charge in [-0.15, -0.1) is 0 Å². The smallest absolute Gasteiger partial charge is 0.0443 e. The maximum Gasteiger partial charge on any atom is 0.0443 e. The Morgan fingerprint density at radius 2 is 1.36 bits per heavy atom. The van der Waals surface area contributed by atoms with Crippen molar-refractivity contribution in [2.24, 2.45) is 0 Å². The molecule has 2 nitrogen and oxygen atoms in total. The van der Waals surface area contributed by atoms with Crippen LogP contribution in [0.3, 0.4) is 0 Å². The summed E-state index contributed by atoms with van der Waals surface area (Å²) in [6.45, 7) is 2.20. The normalized spacial score (nSPS) is 13.1. The van der Waals surface area contributed by atoms with Gasteiger partial charge in [-0.1, -0.05) is 36.4 Å². The molecular weight excluding hydrogens is 292 g/mol. The number of rotatable bonds is 4. The maximum atomic E-state index is 2.52. The lowest BCUT2D eigenvalue weighted by molar-refractivity contribution is -0.00000429. The van der Waals surface area contributed by atoms with Gasteiger partial charge in [0.1, 0.15) is 0 Å². The molecule has 1 aliphatic heterocycles. The van der Waals surface area contributed by atoms with Gasteiger partial charge in [-0.3, -0.25) is 0 Å². The van der Waals surface area contributed by atoms with Crippen molar-refractivity contribution in [2.45, 2.75) is 19.3 Å². The monoisotopic (exact) mass is 315 g/mol. The van der Waals surface area contributed by atoms with E-state index in [1.807, 2.05) is 0 Å². The number of fused-ring (bicyclic) bond motifs is 2. The minimum Gasteiger partial charge on any atom is -1.00 e. The second kappa shape index (κ2) is 7.66. The SMILES string of the molecule is CN(C)CCCN1c2ccccc2CCc2ccccc21.[Cl-]. The van der Waals surface area contributed by atoms with Gasteiger partial charge in [0.2, 0.25) is 0 Å². The van der Waals surface area contributed by atoms with Crippen LogP contribution in [0.25, 0.3) is 0 Å². The van der Waals surface area contributed by atoms with E-state index in [2.05, 4.69) is 72.4 Å². The molecule has 22 heavy (non-hydrogen) atoms. The van der Waals surface area contributed by atoms with Crippen molar-refractivity contribution < 1.29 is 12.4 Å². The summed E-state index contributed by atoms with van der Waals surface area (Å²) in [5, 5.41) is 0. The van der Waals surface area contributed by atoms with Crippen molar-refractivity contribution in [1.29, 1.82) is 0 Å². The minimum absolute atomic E-state index is 0. The fraction of sp³-hybridized carbons (Fsp3) is 0.368. The average Bonchev–Trinajstić information content (AvgIpc) is 2.65. The van der Waals surface area contributed by atoms with E-state index in [0.717, 1.165) is 25.9 Å². The summed E-state index contributed by atoms with van der Waals surface area (Å²) in [6, 6.07) is 17.7. The molecule has 0 saturated heterocycles. The van der Waals surface area contributed by atoms with Crippen molar-refractivity contribution in [2.75, 3.05) is 32.1 Å². The van der Waals surface area contributed by atoms with Crippen LogP contribution in [0.2, 0.25) is 0 Å². The fourth-order valence-electron chi connectivity index (χ4n) is 3.16. The Bertz CT molecular complexity index is 562. The van der Waals surface area contributed by atoms with Crippen LogP contribution in [0, 0.1) is 0 Å². The molecule has 0 amide bonds. The Hall–Kier alpha value is -1.51. The van der Waals surface area contributed by atoms with Crippen molar-refractivity contribution >= 4 is 11.4 Å². The quantitative estimate of drug-likeness (QED) is 0.826. The summed E-state index contributed by atoms with van der Waals surface area (Å²) in [6.07, 6.45) is 3.45. The van der Waals surface area contributed by atoms with Crippen LogP contribution in [-0.4, -0.2) is 32.1 Å². The van der Waals surface area contributed by atoms with E-state index in [-0.39, 0.29) is 12.4 Å². The standard InChI is InChI=1S/C19H24N2.ClH/c1-20(2)14-7-15-21-18-10-5-3-8-16(18)12-13-17-9-4-6-11-19(17)21;/h3-6,8-11H,7,12-15H2,1-2H3;1H/p-1. The lowest BCUT2D eigenvalue weighted by atomic mass is 10.0. The van der Waals surface area contributed by atoms with Gasteiger partial charge in [0.05, 0.1) is 0 Å². The third kappa shape index (κ3) is 3.63. The molecule has 0 N–H and O–H groups in total. The molecule has 0 radical (unpaired) electrons. The molecule has 0 aliphatic carbocycles. The summed E-state index contributed by atoms with van der Waals surface area (Å²) in [7, 11) is 4.29. The van der Waals surface area contributed by atoms with Gasteiger partial charge in [-0.05, 0) is 63.2 Å². The van der Waals surface area contributed by atoms with E-state index in [9.17, 15) is 0 Å². The highest BCUT2D eigenvalue weighted by Crippen LogP contribution is 2.35. The molecule has 2 aromatic rings. The van der Waals surface area contributed by atoms with Crippen molar-refractivity contribution in [3.8, 4) is 0 Å². The van der Waals surface area contributed by atoms with Gasteiger partial charge in [0, 0.05) is 17.9 Å². The largest absolute Gasteiger partial charge is 1.00 e. The number of hydrogen-bond donors (Lipinski definition) is 0. The lowest BCUT2D eigenvalue weighted by Crippen LogP contribution is -3.00. The van der Waals surface area contributed by atoms with Crippen LogP contribution in [0.4, 0.5) is 11.4 Å². The predicted molar refractivity (Wildman–Crippen MR) is 90.5 cm³/mol. The molecule has 0 aromatic heterocycles. The van der Waals surface area contributed by atoms with E-state index in [4.69, 9.17) is 0 Å². The first-order chi connectivity index (χ1) is 10.3. The van der Waals surface area contributed by atoms with E-state index in [1.165, 1.54) is 28.9 Å². The highest BCUT2D eigenvalue weighted by atomic mass is 35.5. The highest BCUT2D eigenvalue weighted by molar-refractivity contribution is 5.71. The Balaban J connectivity index is 0.00000176. The first-order valence-corrected chi connectivity index (χ1v) is 7.84. The van der Waals surface area contributed by atoms with Crippen molar-refractivity contribution in [3.63, 3.8) is 0 Å². The molecule has 0 fully saturated rings. The summed E-state index contributed by atoms with van der Waals surface area (Å²) < 4.78 is 0.